The minimum Gasteiger partial charge on any atom is -0.412 e. The quantitative estimate of drug-likeness (QED) is 0.557. The Labute approximate surface area is 122 Å². The summed E-state index contributed by atoms with van der Waals surface area (Å²) in [7, 11) is 0. The first kappa shape index (κ1) is 17.3. The SMILES string of the molecule is CC1C2CC(C(=O)OC(F)(C(F)(F)F)C(F)(F)F)C(C2)C1C. The third-order valence-corrected chi connectivity index (χ3v) is 5.17. The van der Waals surface area contributed by atoms with Crippen LogP contribution < -0.4 is 0 Å². The second-order valence-corrected chi connectivity index (χ2v) is 6.23. The summed E-state index contributed by atoms with van der Waals surface area (Å²) in [6.07, 6.45) is -12.1. The van der Waals surface area contributed by atoms with Gasteiger partial charge in [-0.2, -0.15) is 30.7 Å². The number of rotatable bonds is 2. The Morgan fingerprint density at radius 2 is 1.41 bits per heavy atom. The van der Waals surface area contributed by atoms with Crippen LogP contribution in [0.1, 0.15) is 26.7 Å². The van der Waals surface area contributed by atoms with Crippen molar-refractivity contribution in [2.45, 2.75) is 44.9 Å². The van der Waals surface area contributed by atoms with E-state index in [-0.39, 0.29) is 30.1 Å². The van der Waals surface area contributed by atoms with E-state index in [0.29, 0.717) is 6.42 Å². The molecule has 5 unspecified atom stereocenters. The molecule has 5 atom stereocenters. The Hall–Kier alpha value is -1.02. The number of carbonyl (C=O) groups is 1. The molecule has 2 aliphatic carbocycles. The Balaban J connectivity index is 2.18. The lowest BCUT2D eigenvalue weighted by Gasteiger charge is -2.34. The molecular weight excluding hydrogens is 321 g/mol. The normalized spacial score (nSPS) is 35.8. The molecule has 0 spiro atoms. The van der Waals surface area contributed by atoms with Gasteiger partial charge in [-0.1, -0.05) is 13.8 Å². The number of halogens is 7. The molecule has 0 aromatic heterocycles. The highest BCUT2D eigenvalue weighted by atomic mass is 19.4. The van der Waals surface area contributed by atoms with Crippen LogP contribution in [0, 0.1) is 29.6 Å². The molecule has 0 heterocycles. The standard InChI is InChI=1S/C13H15F7O2/c1-5-6(2)8-3-7(5)4-9(8)10(21)22-11(14,12(15,16)17)13(18,19)20/h5-9H,3-4H2,1-2H3. The van der Waals surface area contributed by atoms with Crippen LogP contribution in [-0.2, 0) is 9.53 Å². The predicted molar refractivity (Wildman–Crippen MR) is 60.1 cm³/mol. The number of ether oxygens (including phenoxy) is 1. The number of hydrogen-bond acceptors (Lipinski definition) is 2. The van der Waals surface area contributed by atoms with Crippen molar-refractivity contribution in [3.8, 4) is 0 Å². The Morgan fingerprint density at radius 3 is 1.77 bits per heavy atom. The second kappa shape index (κ2) is 4.99. The number of hydrogen-bond donors (Lipinski definition) is 0. The largest absolute Gasteiger partial charge is 0.470 e. The second-order valence-electron chi connectivity index (χ2n) is 6.23. The molecule has 128 valence electrons. The molecule has 0 amide bonds. The smallest absolute Gasteiger partial charge is 0.412 e. The van der Waals surface area contributed by atoms with Gasteiger partial charge in [0.2, 0.25) is 0 Å². The molecule has 0 radical (unpaired) electrons. The third kappa shape index (κ3) is 2.46. The molecule has 0 aromatic carbocycles. The first-order valence-electron chi connectivity index (χ1n) is 6.84. The minimum atomic E-state index is -6.38. The zero-order valence-corrected chi connectivity index (χ0v) is 11.8. The summed E-state index contributed by atoms with van der Waals surface area (Å²) < 4.78 is 91.2. The molecule has 2 rings (SSSR count). The van der Waals surface area contributed by atoms with Crippen molar-refractivity contribution in [1.29, 1.82) is 0 Å². The number of carbonyl (C=O) groups excluding carboxylic acids is 1. The first-order valence-corrected chi connectivity index (χ1v) is 6.84. The van der Waals surface area contributed by atoms with Crippen LogP contribution in [-0.4, -0.2) is 24.2 Å². The average molecular weight is 336 g/mol. The monoisotopic (exact) mass is 336 g/mol. The van der Waals surface area contributed by atoms with Gasteiger partial charge in [0.25, 0.3) is 0 Å². The maximum Gasteiger partial charge on any atom is 0.470 e. The summed E-state index contributed by atoms with van der Waals surface area (Å²) in [5.74, 6) is -8.95. The van der Waals surface area contributed by atoms with Crippen LogP contribution >= 0.6 is 0 Å². The summed E-state index contributed by atoms with van der Waals surface area (Å²) in [4.78, 5) is 11.7. The van der Waals surface area contributed by atoms with Crippen LogP contribution in [0.2, 0.25) is 0 Å². The molecule has 0 N–H and O–H groups in total. The van der Waals surface area contributed by atoms with Crippen molar-refractivity contribution in [1.82, 2.24) is 0 Å². The molecule has 2 bridgehead atoms. The van der Waals surface area contributed by atoms with E-state index in [4.69, 9.17) is 0 Å². The van der Waals surface area contributed by atoms with Crippen molar-refractivity contribution < 1.29 is 40.3 Å². The van der Waals surface area contributed by atoms with E-state index >= 15 is 0 Å². The van der Waals surface area contributed by atoms with E-state index in [2.05, 4.69) is 4.74 Å². The van der Waals surface area contributed by atoms with Gasteiger partial charge in [0, 0.05) is 0 Å². The average Bonchev–Trinajstić information content (AvgIpc) is 2.88. The maximum absolute atomic E-state index is 13.4. The highest BCUT2D eigenvalue weighted by Gasteiger charge is 2.77. The Bertz CT molecular complexity index is 440. The Kier molecular flexibility index (Phi) is 3.93. The van der Waals surface area contributed by atoms with Crippen molar-refractivity contribution in [2.24, 2.45) is 29.6 Å². The van der Waals surface area contributed by atoms with Gasteiger partial charge in [0.15, 0.2) is 0 Å². The summed E-state index contributed by atoms with van der Waals surface area (Å²) >= 11 is 0. The van der Waals surface area contributed by atoms with Crippen molar-refractivity contribution in [2.75, 3.05) is 0 Å². The van der Waals surface area contributed by atoms with Gasteiger partial charge in [-0.3, -0.25) is 4.79 Å². The topological polar surface area (TPSA) is 26.3 Å². The molecule has 0 saturated heterocycles. The summed E-state index contributed by atoms with van der Waals surface area (Å²) in [5.41, 5.74) is 0. The molecule has 0 aliphatic heterocycles. The number of alkyl halides is 7. The lowest BCUT2D eigenvalue weighted by molar-refractivity contribution is -0.418. The lowest BCUT2D eigenvalue weighted by atomic mass is 9.76. The first-order chi connectivity index (χ1) is 9.79. The Morgan fingerprint density at radius 1 is 0.909 bits per heavy atom. The molecule has 0 aromatic rings. The molecule has 2 saturated carbocycles. The fourth-order valence-electron chi connectivity index (χ4n) is 3.70. The van der Waals surface area contributed by atoms with Gasteiger partial charge in [-0.05, 0) is 36.5 Å². The minimum absolute atomic E-state index is 0.0258. The van der Waals surface area contributed by atoms with Gasteiger partial charge in [0.1, 0.15) is 0 Å². The van der Waals surface area contributed by atoms with Gasteiger partial charge in [-0.15, -0.1) is 0 Å². The van der Waals surface area contributed by atoms with E-state index < -0.39 is 30.1 Å². The van der Waals surface area contributed by atoms with Crippen LogP contribution in [0.4, 0.5) is 30.7 Å². The summed E-state index contributed by atoms with van der Waals surface area (Å²) in [5, 5.41) is 0. The maximum atomic E-state index is 13.4. The van der Waals surface area contributed by atoms with Gasteiger partial charge in [0.05, 0.1) is 5.92 Å². The zero-order valence-electron chi connectivity index (χ0n) is 11.8. The van der Waals surface area contributed by atoms with E-state index in [9.17, 15) is 35.5 Å². The van der Waals surface area contributed by atoms with Gasteiger partial charge >= 0.3 is 24.2 Å². The molecule has 9 heteroatoms. The summed E-state index contributed by atoms with van der Waals surface area (Å²) in [6.45, 7) is 3.70. The highest BCUT2D eigenvalue weighted by Crippen LogP contribution is 2.56. The van der Waals surface area contributed by atoms with Crippen molar-refractivity contribution in [3.63, 3.8) is 0 Å². The van der Waals surface area contributed by atoms with Gasteiger partial charge < -0.3 is 4.74 Å². The molecule has 22 heavy (non-hydrogen) atoms. The van der Waals surface area contributed by atoms with Crippen LogP contribution in [0.5, 0.6) is 0 Å². The van der Waals surface area contributed by atoms with Crippen LogP contribution in [0.15, 0.2) is 0 Å². The van der Waals surface area contributed by atoms with E-state index in [1.165, 1.54) is 0 Å². The molecular formula is C13H15F7O2. The highest BCUT2D eigenvalue weighted by molar-refractivity contribution is 5.74. The molecule has 2 nitrogen and oxygen atoms in total. The fraction of sp³-hybridized carbons (Fsp3) is 0.923. The van der Waals surface area contributed by atoms with Crippen molar-refractivity contribution >= 4 is 5.97 Å². The fourth-order valence-corrected chi connectivity index (χ4v) is 3.70. The van der Waals surface area contributed by atoms with E-state index in [0.717, 1.165) is 0 Å². The number of esters is 1. The predicted octanol–water partition coefficient (Wildman–Crippen LogP) is 4.25. The molecule has 2 aliphatic rings. The molecule has 2 fully saturated rings. The zero-order chi connectivity index (χ0) is 17.1. The summed E-state index contributed by atoms with van der Waals surface area (Å²) in [6, 6.07) is 0. The third-order valence-electron chi connectivity index (χ3n) is 5.17. The van der Waals surface area contributed by atoms with E-state index in [1.54, 1.807) is 6.92 Å². The van der Waals surface area contributed by atoms with E-state index in [1.807, 2.05) is 6.92 Å². The lowest BCUT2D eigenvalue weighted by Crippen LogP contribution is -2.57. The van der Waals surface area contributed by atoms with Crippen LogP contribution in [0.25, 0.3) is 0 Å². The number of fused-ring (bicyclic) bond motifs is 2. The van der Waals surface area contributed by atoms with Crippen molar-refractivity contribution in [3.05, 3.63) is 0 Å². The van der Waals surface area contributed by atoms with Gasteiger partial charge in [-0.25, -0.2) is 0 Å². The van der Waals surface area contributed by atoms with Crippen LogP contribution in [0.3, 0.4) is 0 Å².